The topological polar surface area (TPSA) is 95.7 Å². The minimum Gasteiger partial charge on any atom is -0.493 e. The van der Waals surface area contributed by atoms with Crippen LogP contribution < -0.4 is 25.6 Å². The number of carbonyl (C=O) groups is 1. The molecule has 1 amide bonds. The molecular formula is C28H28N4O5. The fourth-order valence-electron chi connectivity index (χ4n) is 4.88. The molecule has 0 saturated heterocycles. The summed E-state index contributed by atoms with van der Waals surface area (Å²) in [6.45, 7) is 0.520. The van der Waals surface area contributed by atoms with Crippen molar-refractivity contribution in [2.75, 3.05) is 25.7 Å². The average Bonchev–Trinajstić information content (AvgIpc) is 2.94. The summed E-state index contributed by atoms with van der Waals surface area (Å²) in [4.78, 5) is 46.3. The first kappa shape index (κ1) is 24.3. The predicted molar refractivity (Wildman–Crippen MR) is 141 cm³/mol. The SMILES string of the molecule is COc1ccc(CCn2c(=O)c3ncccc3n(CC(=O)N3CCCc4ccccc43)c2=O)cc1OC. The van der Waals surface area contributed by atoms with E-state index in [9.17, 15) is 14.4 Å². The van der Waals surface area contributed by atoms with Gasteiger partial charge in [0.15, 0.2) is 17.0 Å². The van der Waals surface area contributed by atoms with Crippen LogP contribution in [0, 0.1) is 0 Å². The molecule has 2 aromatic carbocycles. The number of carbonyl (C=O) groups excluding carboxylic acids is 1. The van der Waals surface area contributed by atoms with Crippen LogP contribution in [-0.2, 0) is 30.7 Å². The van der Waals surface area contributed by atoms with E-state index in [-0.39, 0.29) is 24.5 Å². The number of methoxy groups -OCH3 is 2. The Morgan fingerprint density at radius 3 is 2.59 bits per heavy atom. The van der Waals surface area contributed by atoms with Gasteiger partial charge in [0.1, 0.15) is 6.54 Å². The molecule has 0 radical (unpaired) electrons. The van der Waals surface area contributed by atoms with Gasteiger partial charge in [0, 0.05) is 25.0 Å². The predicted octanol–water partition coefficient (Wildman–Crippen LogP) is 2.80. The second-order valence-corrected chi connectivity index (χ2v) is 8.91. The molecular weight excluding hydrogens is 472 g/mol. The van der Waals surface area contributed by atoms with Crippen molar-refractivity contribution in [3.05, 3.63) is 92.8 Å². The molecule has 0 bridgehead atoms. The lowest BCUT2D eigenvalue weighted by Crippen LogP contribution is -2.45. The van der Waals surface area contributed by atoms with E-state index in [0.29, 0.717) is 30.0 Å². The van der Waals surface area contributed by atoms with Crippen molar-refractivity contribution in [2.45, 2.75) is 32.4 Å². The van der Waals surface area contributed by atoms with Gasteiger partial charge in [-0.05, 0) is 60.7 Å². The Kier molecular flexibility index (Phi) is 6.76. The second kappa shape index (κ2) is 10.3. The van der Waals surface area contributed by atoms with Crippen molar-refractivity contribution in [1.82, 2.24) is 14.1 Å². The summed E-state index contributed by atoms with van der Waals surface area (Å²) in [5.74, 6) is 0.959. The molecule has 190 valence electrons. The Labute approximate surface area is 213 Å². The highest BCUT2D eigenvalue weighted by Crippen LogP contribution is 2.28. The highest BCUT2D eigenvalue weighted by molar-refractivity contribution is 5.95. The largest absolute Gasteiger partial charge is 0.493 e. The molecule has 0 saturated carbocycles. The van der Waals surface area contributed by atoms with E-state index >= 15 is 0 Å². The quantitative estimate of drug-likeness (QED) is 0.387. The number of benzene rings is 2. The Morgan fingerprint density at radius 1 is 0.973 bits per heavy atom. The molecule has 4 aromatic rings. The Bertz CT molecular complexity index is 1590. The lowest BCUT2D eigenvalue weighted by atomic mass is 10.0. The second-order valence-electron chi connectivity index (χ2n) is 8.91. The van der Waals surface area contributed by atoms with Crippen LogP contribution in [0.25, 0.3) is 11.0 Å². The van der Waals surface area contributed by atoms with E-state index in [4.69, 9.17) is 9.47 Å². The van der Waals surface area contributed by atoms with Crippen molar-refractivity contribution in [2.24, 2.45) is 0 Å². The van der Waals surface area contributed by atoms with Crippen molar-refractivity contribution in [3.8, 4) is 11.5 Å². The number of amides is 1. The van der Waals surface area contributed by atoms with E-state index in [0.717, 1.165) is 34.2 Å². The molecule has 0 fully saturated rings. The number of hydrogen-bond acceptors (Lipinski definition) is 6. The van der Waals surface area contributed by atoms with Gasteiger partial charge in [-0.3, -0.25) is 18.7 Å². The number of pyridine rings is 1. The molecule has 0 unspecified atom stereocenters. The Morgan fingerprint density at radius 2 is 1.78 bits per heavy atom. The first-order chi connectivity index (χ1) is 18.0. The van der Waals surface area contributed by atoms with E-state index in [1.54, 1.807) is 37.3 Å². The highest BCUT2D eigenvalue weighted by Gasteiger charge is 2.24. The maximum Gasteiger partial charge on any atom is 0.332 e. The molecule has 0 aliphatic carbocycles. The fourth-order valence-corrected chi connectivity index (χ4v) is 4.88. The normalized spacial score (nSPS) is 12.9. The van der Waals surface area contributed by atoms with Gasteiger partial charge in [0.25, 0.3) is 5.56 Å². The van der Waals surface area contributed by atoms with Gasteiger partial charge in [-0.25, -0.2) is 9.78 Å². The van der Waals surface area contributed by atoms with E-state index in [1.165, 1.54) is 10.8 Å². The monoisotopic (exact) mass is 500 g/mol. The van der Waals surface area contributed by atoms with Gasteiger partial charge < -0.3 is 14.4 Å². The third kappa shape index (κ3) is 4.60. The number of fused-ring (bicyclic) bond motifs is 2. The molecule has 5 rings (SSSR count). The minimum absolute atomic E-state index is 0.125. The standard InChI is InChI=1S/C28H28N4O5/c1-36-23-12-11-19(17-24(23)37-2)13-16-31-27(34)26-22(10-5-14-29-26)32(28(31)35)18-25(33)30-15-6-8-20-7-3-4-9-21(20)30/h3-5,7,9-12,14,17H,6,8,13,15-16,18H2,1-2H3. The molecule has 37 heavy (non-hydrogen) atoms. The van der Waals surface area contributed by atoms with E-state index < -0.39 is 11.2 Å². The number of nitrogens with zero attached hydrogens (tertiary/aromatic N) is 4. The zero-order valence-electron chi connectivity index (χ0n) is 20.8. The first-order valence-corrected chi connectivity index (χ1v) is 12.2. The Hall–Kier alpha value is -4.40. The molecule has 1 aliphatic heterocycles. The smallest absolute Gasteiger partial charge is 0.332 e. The first-order valence-electron chi connectivity index (χ1n) is 12.2. The number of ether oxygens (including phenoxy) is 2. The molecule has 0 spiro atoms. The number of anilines is 1. The van der Waals surface area contributed by atoms with Gasteiger partial charge in [-0.1, -0.05) is 24.3 Å². The van der Waals surface area contributed by atoms with E-state index in [1.807, 2.05) is 36.4 Å². The molecule has 2 aromatic heterocycles. The van der Waals surface area contributed by atoms with Gasteiger partial charge in [-0.2, -0.15) is 0 Å². The van der Waals surface area contributed by atoms with Crippen LogP contribution in [0.15, 0.2) is 70.4 Å². The molecule has 9 heteroatoms. The summed E-state index contributed by atoms with van der Waals surface area (Å²) >= 11 is 0. The zero-order chi connectivity index (χ0) is 25.9. The van der Waals surface area contributed by atoms with Crippen LogP contribution in [0.3, 0.4) is 0 Å². The number of rotatable bonds is 7. The number of aromatic nitrogens is 3. The summed E-state index contributed by atoms with van der Waals surface area (Å²) in [5, 5.41) is 0. The molecule has 1 aliphatic rings. The van der Waals surface area contributed by atoms with Crippen LogP contribution in [0.2, 0.25) is 0 Å². The third-order valence-corrected chi connectivity index (χ3v) is 6.76. The van der Waals surface area contributed by atoms with E-state index in [2.05, 4.69) is 4.98 Å². The van der Waals surface area contributed by atoms with Crippen molar-refractivity contribution in [1.29, 1.82) is 0 Å². The average molecular weight is 501 g/mol. The van der Waals surface area contributed by atoms with Crippen LogP contribution in [0.4, 0.5) is 5.69 Å². The van der Waals surface area contributed by atoms with Crippen molar-refractivity contribution < 1.29 is 14.3 Å². The third-order valence-electron chi connectivity index (χ3n) is 6.76. The molecule has 9 nitrogen and oxygen atoms in total. The van der Waals surface area contributed by atoms with Crippen LogP contribution in [0.5, 0.6) is 11.5 Å². The molecule has 0 N–H and O–H groups in total. The molecule has 0 atom stereocenters. The van der Waals surface area contributed by atoms with Crippen molar-refractivity contribution in [3.63, 3.8) is 0 Å². The van der Waals surface area contributed by atoms with Crippen LogP contribution in [-0.4, -0.2) is 40.8 Å². The van der Waals surface area contributed by atoms with Crippen LogP contribution >= 0.6 is 0 Å². The number of para-hydroxylation sites is 1. The zero-order valence-corrected chi connectivity index (χ0v) is 20.8. The Balaban J connectivity index is 1.50. The summed E-state index contributed by atoms with van der Waals surface area (Å²) < 4.78 is 13.2. The van der Waals surface area contributed by atoms with Gasteiger partial charge in [0.05, 0.1) is 19.7 Å². The number of aryl methyl sites for hydroxylation is 2. The minimum atomic E-state index is -0.537. The van der Waals surface area contributed by atoms with Gasteiger partial charge >= 0.3 is 5.69 Å². The fraction of sp³-hybridized carbons (Fsp3) is 0.286. The van der Waals surface area contributed by atoms with Gasteiger partial charge in [-0.15, -0.1) is 0 Å². The van der Waals surface area contributed by atoms with Crippen molar-refractivity contribution >= 4 is 22.6 Å². The van der Waals surface area contributed by atoms with Crippen LogP contribution in [0.1, 0.15) is 17.5 Å². The lowest BCUT2D eigenvalue weighted by molar-refractivity contribution is -0.119. The summed E-state index contributed by atoms with van der Waals surface area (Å²) in [6, 6.07) is 16.6. The summed E-state index contributed by atoms with van der Waals surface area (Å²) in [7, 11) is 3.11. The summed E-state index contributed by atoms with van der Waals surface area (Å²) in [5.41, 5.74) is 2.34. The van der Waals surface area contributed by atoms with Gasteiger partial charge in [0.2, 0.25) is 5.91 Å². The maximum absolute atomic E-state index is 13.6. The molecule has 3 heterocycles. The lowest BCUT2D eigenvalue weighted by Gasteiger charge is -2.29. The number of hydrogen-bond donors (Lipinski definition) is 0. The highest BCUT2D eigenvalue weighted by atomic mass is 16.5. The summed E-state index contributed by atoms with van der Waals surface area (Å²) in [6.07, 6.45) is 3.68. The maximum atomic E-state index is 13.6.